The molecular weight excluding hydrogens is 351 g/mol. The van der Waals surface area contributed by atoms with E-state index in [1.165, 1.54) is 23.5 Å². The van der Waals surface area contributed by atoms with Gasteiger partial charge in [-0.05, 0) is 42.5 Å². The van der Waals surface area contributed by atoms with Crippen molar-refractivity contribution in [2.45, 2.75) is 6.10 Å². The van der Waals surface area contributed by atoms with Crippen LogP contribution in [-0.2, 0) is 4.74 Å². The number of ether oxygens (including phenoxy) is 1. The number of fused-ring (bicyclic) bond motifs is 1. The van der Waals surface area contributed by atoms with Crippen molar-refractivity contribution < 1.29 is 13.9 Å². The van der Waals surface area contributed by atoms with E-state index in [0.29, 0.717) is 23.7 Å². The quantitative estimate of drug-likeness (QED) is 0.657. The lowest BCUT2D eigenvalue weighted by atomic mass is 10.2. The molecule has 0 saturated carbocycles. The molecule has 1 aliphatic heterocycles. The topological polar surface area (TPSA) is 42.4 Å². The molecule has 0 bridgehead atoms. The van der Waals surface area contributed by atoms with Crippen LogP contribution in [0.5, 0.6) is 0 Å². The highest BCUT2D eigenvalue weighted by Gasteiger charge is 2.32. The number of aromatic nitrogens is 1. The Kier molecular flexibility index (Phi) is 3.86. The zero-order chi connectivity index (χ0) is 16.7. The number of halogens is 2. The van der Waals surface area contributed by atoms with Gasteiger partial charge in [-0.25, -0.2) is 14.2 Å². The van der Waals surface area contributed by atoms with Crippen molar-refractivity contribution in [2.75, 3.05) is 18.0 Å². The van der Waals surface area contributed by atoms with Crippen molar-refractivity contribution in [1.82, 2.24) is 4.98 Å². The SMILES string of the molecule is O=C(OC1CN(c2nc3ccc(F)cc3s2)C1)c1ccc(Cl)cc1. The molecule has 7 heteroatoms. The Morgan fingerprint density at radius 2 is 2.00 bits per heavy atom. The molecule has 4 rings (SSSR count). The lowest BCUT2D eigenvalue weighted by Crippen LogP contribution is -2.53. The van der Waals surface area contributed by atoms with Crippen molar-refractivity contribution in [3.05, 3.63) is 58.9 Å². The first-order valence-electron chi connectivity index (χ1n) is 7.36. The molecule has 0 N–H and O–H groups in total. The molecule has 0 aliphatic carbocycles. The monoisotopic (exact) mass is 362 g/mol. The number of anilines is 1. The lowest BCUT2D eigenvalue weighted by Gasteiger charge is -2.38. The van der Waals surface area contributed by atoms with E-state index in [1.807, 2.05) is 4.90 Å². The number of benzene rings is 2. The molecule has 2 aromatic carbocycles. The summed E-state index contributed by atoms with van der Waals surface area (Å²) in [5, 5.41) is 1.39. The van der Waals surface area contributed by atoms with Gasteiger partial charge >= 0.3 is 5.97 Å². The Morgan fingerprint density at radius 1 is 1.25 bits per heavy atom. The van der Waals surface area contributed by atoms with Crippen LogP contribution in [-0.4, -0.2) is 30.1 Å². The van der Waals surface area contributed by atoms with Gasteiger partial charge in [0.2, 0.25) is 0 Å². The van der Waals surface area contributed by atoms with E-state index in [4.69, 9.17) is 16.3 Å². The van der Waals surface area contributed by atoms with E-state index in [1.54, 1.807) is 30.3 Å². The minimum Gasteiger partial charge on any atom is -0.455 e. The number of hydrogen-bond acceptors (Lipinski definition) is 5. The fourth-order valence-electron chi connectivity index (χ4n) is 2.50. The summed E-state index contributed by atoms with van der Waals surface area (Å²) in [6.07, 6.45) is -0.170. The molecule has 3 aromatic rings. The summed E-state index contributed by atoms with van der Waals surface area (Å²) in [4.78, 5) is 18.5. The molecule has 0 radical (unpaired) electrons. The minimum atomic E-state index is -0.359. The maximum Gasteiger partial charge on any atom is 0.338 e. The summed E-state index contributed by atoms with van der Waals surface area (Å²) in [5.41, 5.74) is 1.26. The highest BCUT2D eigenvalue weighted by molar-refractivity contribution is 7.22. The second-order valence-corrected chi connectivity index (χ2v) is 6.99. The third kappa shape index (κ3) is 2.95. The first kappa shape index (κ1) is 15.4. The summed E-state index contributed by atoms with van der Waals surface area (Å²) in [6, 6.07) is 11.2. The maximum absolute atomic E-state index is 13.2. The summed E-state index contributed by atoms with van der Waals surface area (Å²) >= 11 is 7.24. The fourth-order valence-corrected chi connectivity index (χ4v) is 3.63. The molecular formula is C17H12ClFN2O2S. The van der Waals surface area contributed by atoms with E-state index in [0.717, 1.165) is 15.3 Å². The molecule has 4 nitrogen and oxygen atoms in total. The van der Waals surface area contributed by atoms with E-state index in [9.17, 15) is 9.18 Å². The molecule has 0 spiro atoms. The van der Waals surface area contributed by atoms with Crippen molar-refractivity contribution in [3.8, 4) is 0 Å². The molecule has 1 aromatic heterocycles. The summed E-state index contributed by atoms with van der Waals surface area (Å²) in [5.74, 6) is -0.626. The first-order chi connectivity index (χ1) is 11.6. The van der Waals surface area contributed by atoms with E-state index in [-0.39, 0.29) is 17.9 Å². The summed E-state index contributed by atoms with van der Waals surface area (Å²) < 4.78 is 19.5. The first-order valence-corrected chi connectivity index (χ1v) is 8.55. The number of carbonyl (C=O) groups is 1. The van der Waals surface area contributed by atoms with E-state index >= 15 is 0 Å². The number of esters is 1. The second kappa shape index (κ2) is 6.03. The number of rotatable bonds is 3. The van der Waals surface area contributed by atoms with Gasteiger partial charge < -0.3 is 9.64 Å². The average Bonchev–Trinajstić information content (AvgIpc) is 2.93. The molecule has 24 heavy (non-hydrogen) atoms. The van der Waals surface area contributed by atoms with Gasteiger partial charge in [0.05, 0.1) is 28.9 Å². The Morgan fingerprint density at radius 3 is 2.75 bits per heavy atom. The highest BCUT2D eigenvalue weighted by Crippen LogP contribution is 2.32. The lowest BCUT2D eigenvalue weighted by molar-refractivity contribution is 0.0234. The molecule has 0 unspecified atom stereocenters. The summed E-state index contributed by atoms with van der Waals surface area (Å²) in [6.45, 7) is 1.17. The standard InChI is InChI=1S/C17H12ClFN2O2S/c18-11-3-1-10(2-4-11)16(22)23-13-8-21(9-13)17-20-14-6-5-12(19)7-15(14)24-17/h1-7,13H,8-9H2. The van der Waals surface area contributed by atoms with Gasteiger partial charge in [0.15, 0.2) is 5.13 Å². The molecule has 0 amide bonds. The minimum absolute atomic E-state index is 0.170. The van der Waals surface area contributed by atoms with Crippen LogP contribution in [0.15, 0.2) is 42.5 Å². The number of carbonyl (C=O) groups excluding carboxylic acids is 1. The third-order valence-corrected chi connectivity index (χ3v) is 5.14. The fraction of sp³-hybridized carbons (Fsp3) is 0.176. The van der Waals surface area contributed by atoms with E-state index < -0.39 is 0 Å². The van der Waals surface area contributed by atoms with Gasteiger partial charge in [0, 0.05) is 5.02 Å². The van der Waals surface area contributed by atoms with Gasteiger partial charge in [-0.3, -0.25) is 0 Å². The van der Waals surface area contributed by atoms with Crippen LogP contribution in [0.2, 0.25) is 5.02 Å². The van der Waals surface area contributed by atoms with Crippen LogP contribution < -0.4 is 4.90 Å². The zero-order valence-corrected chi connectivity index (χ0v) is 14.0. The number of nitrogens with zero attached hydrogens (tertiary/aromatic N) is 2. The zero-order valence-electron chi connectivity index (χ0n) is 12.4. The molecule has 1 fully saturated rings. The van der Waals surface area contributed by atoms with Crippen LogP contribution >= 0.6 is 22.9 Å². The third-order valence-electron chi connectivity index (χ3n) is 3.81. The summed E-state index contributed by atoms with van der Waals surface area (Å²) in [7, 11) is 0. The Hall–Kier alpha value is -2.18. The second-order valence-electron chi connectivity index (χ2n) is 5.55. The van der Waals surface area contributed by atoms with E-state index in [2.05, 4.69) is 4.98 Å². The highest BCUT2D eigenvalue weighted by atomic mass is 35.5. The average molecular weight is 363 g/mol. The molecule has 1 saturated heterocycles. The Labute approximate surface area is 146 Å². The molecule has 122 valence electrons. The smallest absolute Gasteiger partial charge is 0.338 e. The van der Waals surface area contributed by atoms with Crippen molar-refractivity contribution in [2.24, 2.45) is 0 Å². The number of hydrogen-bond donors (Lipinski definition) is 0. The van der Waals surface area contributed by atoms with Crippen LogP contribution in [0, 0.1) is 5.82 Å². The van der Waals surface area contributed by atoms with Gasteiger partial charge in [0.25, 0.3) is 0 Å². The Bertz CT molecular complexity index is 907. The van der Waals surface area contributed by atoms with Gasteiger partial charge in [-0.15, -0.1) is 0 Å². The largest absolute Gasteiger partial charge is 0.455 e. The van der Waals surface area contributed by atoms with Crippen LogP contribution in [0.3, 0.4) is 0 Å². The van der Waals surface area contributed by atoms with Crippen LogP contribution in [0.4, 0.5) is 9.52 Å². The van der Waals surface area contributed by atoms with Crippen LogP contribution in [0.25, 0.3) is 10.2 Å². The van der Waals surface area contributed by atoms with Gasteiger partial charge in [0.1, 0.15) is 11.9 Å². The molecule has 1 aliphatic rings. The predicted octanol–water partition coefficient (Wildman–Crippen LogP) is 4.13. The van der Waals surface area contributed by atoms with Gasteiger partial charge in [-0.1, -0.05) is 22.9 Å². The van der Waals surface area contributed by atoms with Crippen LogP contribution in [0.1, 0.15) is 10.4 Å². The normalized spacial score (nSPS) is 14.7. The number of thiazole rings is 1. The van der Waals surface area contributed by atoms with Gasteiger partial charge in [-0.2, -0.15) is 0 Å². The molecule has 0 atom stereocenters. The van der Waals surface area contributed by atoms with Crippen molar-refractivity contribution in [1.29, 1.82) is 0 Å². The van der Waals surface area contributed by atoms with Crippen molar-refractivity contribution in [3.63, 3.8) is 0 Å². The maximum atomic E-state index is 13.2. The van der Waals surface area contributed by atoms with Crippen molar-refractivity contribution >= 4 is 44.3 Å². The molecule has 2 heterocycles. The predicted molar refractivity (Wildman–Crippen MR) is 92.4 cm³/mol. The Balaban J connectivity index is 1.38.